The molecule has 1 amide bonds. The fourth-order valence-electron chi connectivity index (χ4n) is 3.29. The lowest BCUT2D eigenvalue weighted by molar-refractivity contribution is -0.115. The van der Waals surface area contributed by atoms with Crippen molar-refractivity contribution in [3.05, 3.63) is 53.8 Å². The third kappa shape index (κ3) is 3.60. The van der Waals surface area contributed by atoms with Gasteiger partial charge in [0.2, 0.25) is 5.91 Å². The SMILES string of the molecule is O=C1Nc2ccc(F)cc2C1C=Nc1ccc(NC2CCOCC2)cc1. The minimum absolute atomic E-state index is 0.188. The fourth-order valence-corrected chi connectivity index (χ4v) is 3.29. The van der Waals surface area contributed by atoms with E-state index in [2.05, 4.69) is 15.6 Å². The Bertz CT molecular complexity index is 829. The lowest BCUT2D eigenvalue weighted by atomic mass is 10.0. The summed E-state index contributed by atoms with van der Waals surface area (Å²) in [6.07, 6.45) is 3.58. The van der Waals surface area contributed by atoms with Crippen LogP contribution in [-0.4, -0.2) is 31.4 Å². The highest BCUT2D eigenvalue weighted by molar-refractivity contribution is 6.12. The zero-order valence-corrected chi connectivity index (χ0v) is 14.2. The Labute approximate surface area is 151 Å². The molecule has 5 nitrogen and oxygen atoms in total. The van der Waals surface area contributed by atoms with Crippen molar-refractivity contribution in [3.63, 3.8) is 0 Å². The average molecular weight is 353 g/mol. The van der Waals surface area contributed by atoms with E-state index in [0.717, 1.165) is 37.4 Å². The van der Waals surface area contributed by atoms with Crippen LogP contribution in [0.15, 0.2) is 47.5 Å². The molecule has 0 aromatic heterocycles. The normalized spacial score (nSPS) is 20.2. The number of hydrogen-bond acceptors (Lipinski definition) is 4. The van der Waals surface area contributed by atoms with Gasteiger partial charge in [0.15, 0.2) is 0 Å². The van der Waals surface area contributed by atoms with E-state index in [1.165, 1.54) is 12.1 Å². The number of nitrogens with zero attached hydrogens (tertiary/aromatic N) is 1. The topological polar surface area (TPSA) is 62.7 Å². The molecule has 2 aromatic carbocycles. The molecular weight excluding hydrogens is 333 g/mol. The highest BCUT2D eigenvalue weighted by Crippen LogP contribution is 2.32. The summed E-state index contributed by atoms with van der Waals surface area (Å²) in [7, 11) is 0. The molecule has 2 aliphatic rings. The molecule has 2 heterocycles. The van der Waals surface area contributed by atoms with Gasteiger partial charge >= 0.3 is 0 Å². The number of aliphatic imine (C=N–C) groups is 1. The number of carbonyl (C=O) groups is 1. The van der Waals surface area contributed by atoms with Crippen LogP contribution in [0.25, 0.3) is 0 Å². The maximum Gasteiger partial charge on any atom is 0.237 e. The van der Waals surface area contributed by atoms with Crippen molar-refractivity contribution in [2.75, 3.05) is 23.8 Å². The monoisotopic (exact) mass is 353 g/mol. The van der Waals surface area contributed by atoms with Crippen LogP contribution in [-0.2, 0) is 9.53 Å². The maximum absolute atomic E-state index is 13.5. The third-order valence-corrected chi connectivity index (χ3v) is 4.72. The maximum atomic E-state index is 13.5. The van der Waals surface area contributed by atoms with Crippen LogP contribution in [0.5, 0.6) is 0 Å². The Hall–Kier alpha value is -2.73. The Balaban J connectivity index is 1.44. The number of anilines is 2. The molecule has 0 aliphatic carbocycles. The summed E-state index contributed by atoms with van der Waals surface area (Å²) in [5, 5.41) is 6.24. The predicted molar refractivity (Wildman–Crippen MR) is 99.8 cm³/mol. The van der Waals surface area contributed by atoms with Gasteiger partial charge in [-0.1, -0.05) is 0 Å². The average Bonchev–Trinajstić information content (AvgIpc) is 2.96. The van der Waals surface area contributed by atoms with Gasteiger partial charge in [0, 0.05) is 36.8 Å². The van der Waals surface area contributed by atoms with Crippen molar-refractivity contribution in [2.45, 2.75) is 24.8 Å². The molecule has 134 valence electrons. The van der Waals surface area contributed by atoms with Gasteiger partial charge in [0.1, 0.15) is 11.7 Å². The van der Waals surface area contributed by atoms with Crippen LogP contribution in [0.3, 0.4) is 0 Å². The molecule has 0 spiro atoms. The van der Waals surface area contributed by atoms with Crippen molar-refractivity contribution < 1.29 is 13.9 Å². The highest BCUT2D eigenvalue weighted by Gasteiger charge is 2.29. The zero-order chi connectivity index (χ0) is 17.9. The van der Waals surface area contributed by atoms with E-state index in [4.69, 9.17) is 4.74 Å². The molecule has 6 heteroatoms. The number of hydrogen-bond donors (Lipinski definition) is 2. The molecule has 0 radical (unpaired) electrons. The number of amides is 1. The Morgan fingerprint density at radius 2 is 1.92 bits per heavy atom. The minimum Gasteiger partial charge on any atom is -0.382 e. The third-order valence-electron chi connectivity index (χ3n) is 4.72. The smallest absolute Gasteiger partial charge is 0.237 e. The van der Waals surface area contributed by atoms with E-state index >= 15 is 0 Å². The van der Waals surface area contributed by atoms with E-state index in [1.54, 1.807) is 12.3 Å². The molecule has 2 aromatic rings. The van der Waals surface area contributed by atoms with Crippen LogP contribution in [0.2, 0.25) is 0 Å². The quantitative estimate of drug-likeness (QED) is 0.821. The van der Waals surface area contributed by atoms with E-state index in [9.17, 15) is 9.18 Å². The van der Waals surface area contributed by atoms with Crippen molar-refractivity contribution in [3.8, 4) is 0 Å². The van der Waals surface area contributed by atoms with E-state index in [0.29, 0.717) is 17.3 Å². The summed E-state index contributed by atoms with van der Waals surface area (Å²) in [5.41, 5.74) is 3.06. The first kappa shape index (κ1) is 16.7. The lowest BCUT2D eigenvalue weighted by Crippen LogP contribution is -2.27. The summed E-state index contributed by atoms with van der Waals surface area (Å²) in [5.74, 6) is -1.12. The van der Waals surface area contributed by atoms with Crippen molar-refractivity contribution >= 4 is 29.2 Å². The molecule has 1 atom stereocenters. The van der Waals surface area contributed by atoms with Crippen molar-refractivity contribution in [1.82, 2.24) is 0 Å². The van der Waals surface area contributed by atoms with Gasteiger partial charge in [0.05, 0.1) is 5.69 Å². The van der Waals surface area contributed by atoms with E-state index < -0.39 is 5.92 Å². The molecule has 2 N–H and O–H groups in total. The van der Waals surface area contributed by atoms with Gasteiger partial charge in [-0.25, -0.2) is 4.39 Å². The molecular formula is C20H20FN3O2. The van der Waals surface area contributed by atoms with Gasteiger partial charge < -0.3 is 15.4 Å². The largest absolute Gasteiger partial charge is 0.382 e. The Morgan fingerprint density at radius 1 is 1.15 bits per heavy atom. The molecule has 1 saturated heterocycles. The summed E-state index contributed by atoms with van der Waals surface area (Å²) in [4.78, 5) is 16.5. The summed E-state index contributed by atoms with van der Waals surface area (Å²) >= 11 is 0. The van der Waals surface area contributed by atoms with Crippen LogP contribution >= 0.6 is 0 Å². The Kier molecular flexibility index (Phi) is 4.67. The fraction of sp³-hybridized carbons (Fsp3) is 0.300. The molecule has 1 unspecified atom stereocenters. The number of rotatable bonds is 4. The van der Waals surface area contributed by atoms with Gasteiger partial charge in [-0.3, -0.25) is 9.79 Å². The molecule has 2 aliphatic heterocycles. The number of benzene rings is 2. The van der Waals surface area contributed by atoms with Gasteiger partial charge in [-0.05, 0) is 60.9 Å². The second kappa shape index (κ2) is 7.25. The first-order valence-electron chi connectivity index (χ1n) is 8.78. The predicted octanol–water partition coefficient (Wildman–Crippen LogP) is 3.85. The second-order valence-corrected chi connectivity index (χ2v) is 6.55. The first-order valence-corrected chi connectivity index (χ1v) is 8.78. The number of halogens is 1. The number of carbonyl (C=O) groups excluding carboxylic acids is 1. The lowest BCUT2D eigenvalue weighted by Gasteiger charge is -2.24. The van der Waals surface area contributed by atoms with Crippen LogP contribution in [0.4, 0.5) is 21.5 Å². The number of nitrogens with one attached hydrogen (secondary N) is 2. The van der Waals surface area contributed by atoms with Crippen LogP contribution < -0.4 is 10.6 Å². The van der Waals surface area contributed by atoms with Crippen molar-refractivity contribution in [2.24, 2.45) is 4.99 Å². The van der Waals surface area contributed by atoms with Crippen LogP contribution in [0.1, 0.15) is 24.3 Å². The standard InChI is InChI=1S/C20H20FN3O2/c21-13-1-6-19-17(11-13)18(20(25)24-19)12-22-14-2-4-15(5-3-14)23-16-7-9-26-10-8-16/h1-6,11-12,16,18,23H,7-10H2,(H,24,25). The molecule has 4 rings (SSSR count). The molecule has 0 saturated carbocycles. The van der Waals surface area contributed by atoms with Gasteiger partial charge in [-0.15, -0.1) is 0 Å². The Morgan fingerprint density at radius 3 is 2.69 bits per heavy atom. The summed E-state index contributed by atoms with van der Waals surface area (Å²) in [6.45, 7) is 1.59. The first-order chi connectivity index (χ1) is 12.7. The summed E-state index contributed by atoms with van der Waals surface area (Å²) in [6, 6.07) is 12.5. The molecule has 1 fully saturated rings. The second-order valence-electron chi connectivity index (χ2n) is 6.55. The van der Waals surface area contributed by atoms with Crippen molar-refractivity contribution in [1.29, 1.82) is 0 Å². The zero-order valence-electron chi connectivity index (χ0n) is 14.2. The number of ether oxygens (including phenoxy) is 1. The van der Waals surface area contributed by atoms with Crippen LogP contribution in [0, 0.1) is 5.82 Å². The van der Waals surface area contributed by atoms with E-state index in [1.807, 2.05) is 24.3 Å². The molecule has 0 bridgehead atoms. The summed E-state index contributed by atoms with van der Waals surface area (Å²) < 4.78 is 18.8. The number of fused-ring (bicyclic) bond motifs is 1. The minimum atomic E-state index is -0.569. The highest BCUT2D eigenvalue weighted by atomic mass is 19.1. The van der Waals surface area contributed by atoms with Gasteiger partial charge in [0.25, 0.3) is 0 Å². The van der Waals surface area contributed by atoms with Gasteiger partial charge in [-0.2, -0.15) is 0 Å². The van der Waals surface area contributed by atoms with E-state index in [-0.39, 0.29) is 11.7 Å². The molecule has 26 heavy (non-hydrogen) atoms.